The zero-order valence-corrected chi connectivity index (χ0v) is 17.0. The number of hydrogen-bond acceptors (Lipinski definition) is 6. The van der Waals surface area contributed by atoms with Crippen LogP contribution in [0.5, 0.6) is 0 Å². The van der Waals surface area contributed by atoms with Gasteiger partial charge in [0.05, 0.1) is 16.5 Å². The summed E-state index contributed by atoms with van der Waals surface area (Å²) in [6.45, 7) is 2.78. The van der Waals surface area contributed by atoms with Crippen molar-refractivity contribution in [2.24, 2.45) is 5.92 Å². The summed E-state index contributed by atoms with van der Waals surface area (Å²) < 4.78 is 31.3. The Labute approximate surface area is 175 Å². The molecular weight excluding hydrogens is 404 g/mol. The highest BCUT2D eigenvalue weighted by Crippen LogP contribution is 2.38. The van der Waals surface area contributed by atoms with Crippen LogP contribution in [-0.4, -0.2) is 35.8 Å². The fourth-order valence-corrected chi connectivity index (χ4v) is 4.18. The van der Waals surface area contributed by atoms with Gasteiger partial charge in [0, 0.05) is 23.6 Å². The molecule has 0 spiro atoms. The molecule has 0 amide bonds. The lowest BCUT2D eigenvalue weighted by Gasteiger charge is -2.36. The lowest BCUT2D eigenvalue weighted by Crippen LogP contribution is -2.39. The van der Waals surface area contributed by atoms with Crippen molar-refractivity contribution in [3.8, 4) is 0 Å². The van der Waals surface area contributed by atoms with E-state index in [0.717, 1.165) is 23.5 Å². The number of nitrogens with zero attached hydrogens (tertiary/aromatic N) is 1. The molecule has 156 valence electrons. The predicted octanol–water partition coefficient (Wildman–Crippen LogP) is 3.54. The van der Waals surface area contributed by atoms with Crippen LogP contribution in [-0.2, 0) is 10.1 Å². The van der Waals surface area contributed by atoms with Gasteiger partial charge in [-0.25, -0.2) is 0 Å². The summed E-state index contributed by atoms with van der Waals surface area (Å²) >= 11 is 0. The molecule has 1 aliphatic heterocycles. The van der Waals surface area contributed by atoms with Gasteiger partial charge < -0.3 is 20.4 Å². The number of benzene rings is 2. The van der Waals surface area contributed by atoms with E-state index in [1.165, 1.54) is 24.3 Å². The Balaban J connectivity index is 1.55. The number of likely N-dealkylation sites (N-methyl/N-ethyl adjacent to an activating group) is 1. The van der Waals surface area contributed by atoms with E-state index in [1.54, 1.807) is 0 Å². The van der Waals surface area contributed by atoms with Crippen molar-refractivity contribution < 1.29 is 23.2 Å². The molecule has 1 aliphatic carbocycles. The molecule has 2 unspecified atom stereocenters. The highest BCUT2D eigenvalue weighted by atomic mass is 32.2. The maximum atomic E-state index is 11.1. The minimum atomic E-state index is -4.27. The summed E-state index contributed by atoms with van der Waals surface area (Å²) in [7, 11) is -4.27. The zero-order valence-electron chi connectivity index (χ0n) is 16.2. The SMILES string of the molecule is CCN1/C(=C/C2C(O)=C(Nc3ccc(S(=O)(=O)O)cc3)C2O)C=Cc2ccccc21. The van der Waals surface area contributed by atoms with Gasteiger partial charge >= 0.3 is 0 Å². The first-order chi connectivity index (χ1) is 14.3. The van der Waals surface area contributed by atoms with Gasteiger partial charge in [-0.05, 0) is 55.0 Å². The van der Waals surface area contributed by atoms with E-state index in [4.69, 9.17) is 4.55 Å². The number of aliphatic hydroxyl groups is 2. The Hall–Kier alpha value is -3.07. The molecule has 2 aromatic carbocycles. The molecule has 0 bridgehead atoms. The zero-order chi connectivity index (χ0) is 21.5. The Morgan fingerprint density at radius 1 is 1.10 bits per heavy atom. The fourth-order valence-electron chi connectivity index (χ4n) is 3.70. The number of hydrogen-bond donors (Lipinski definition) is 4. The van der Waals surface area contributed by atoms with Crippen molar-refractivity contribution in [3.05, 3.63) is 83.4 Å². The molecule has 4 N–H and O–H groups in total. The van der Waals surface area contributed by atoms with Crippen molar-refractivity contribution in [1.29, 1.82) is 0 Å². The minimum Gasteiger partial charge on any atom is -0.510 e. The first-order valence-corrected chi connectivity index (χ1v) is 11.0. The first-order valence-electron chi connectivity index (χ1n) is 9.51. The van der Waals surface area contributed by atoms with Crippen LogP contribution in [0.15, 0.2) is 82.7 Å². The highest BCUT2D eigenvalue weighted by Gasteiger charge is 2.39. The quantitative estimate of drug-likeness (QED) is 0.541. The lowest BCUT2D eigenvalue weighted by atomic mass is 9.83. The molecule has 30 heavy (non-hydrogen) atoms. The van der Waals surface area contributed by atoms with Crippen molar-refractivity contribution in [2.45, 2.75) is 17.9 Å². The monoisotopic (exact) mass is 426 g/mol. The normalized spacial score (nSPS) is 22.1. The third-order valence-electron chi connectivity index (χ3n) is 5.30. The van der Waals surface area contributed by atoms with E-state index in [2.05, 4.69) is 10.2 Å². The van der Waals surface area contributed by atoms with Crippen LogP contribution in [0, 0.1) is 5.92 Å². The van der Waals surface area contributed by atoms with E-state index in [-0.39, 0.29) is 16.4 Å². The molecule has 0 radical (unpaired) electrons. The standard InChI is InChI=1S/C22H22N2O5S/c1-2-24-16(10-7-14-5-3-4-6-19(14)24)13-18-21(25)20(22(18)26)23-15-8-11-17(12-9-15)30(27,28)29/h3-13,18,21,23,25-26H,2H2,1H3,(H,27,28,29)/b16-13+. The number of nitrogens with one attached hydrogen (secondary N) is 1. The van der Waals surface area contributed by atoms with Crippen LogP contribution in [0.3, 0.4) is 0 Å². The van der Waals surface area contributed by atoms with Crippen LogP contribution in [0.1, 0.15) is 12.5 Å². The second kappa shape index (κ2) is 7.64. The molecule has 4 rings (SSSR count). The predicted molar refractivity (Wildman–Crippen MR) is 116 cm³/mol. The largest absolute Gasteiger partial charge is 0.510 e. The molecule has 0 saturated heterocycles. The summed E-state index contributed by atoms with van der Waals surface area (Å²) in [5.41, 5.74) is 3.82. The van der Waals surface area contributed by atoms with Crippen LogP contribution in [0.2, 0.25) is 0 Å². The maximum Gasteiger partial charge on any atom is 0.294 e. The summed E-state index contributed by atoms with van der Waals surface area (Å²) in [5, 5.41) is 24.0. The molecule has 7 nitrogen and oxygen atoms in total. The van der Waals surface area contributed by atoms with Crippen LogP contribution in [0.25, 0.3) is 6.08 Å². The molecule has 0 fully saturated rings. The van der Waals surface area contributed by atoms with E-state index in [0.29, 0.717) is 5.69 Å². The molecule has 2 aromatic rings. The third-order valence-corrected chi connectivity index (χ3v) is 6.17. The summed E-state index contributed by atoms with van der Waals surface area (Å²) in [4.78, 5) is 1.89. The van der Waals surface area contributed by atoms with Gasteiger partial charge in [0.25, 0.3) is 10.1 Å². The summed E-state index contributed by atoms with van der Waals surface area (Å²) in [6.07, 6.45) is 4.88. The van der Waals surface area contributed by atoms with Gasteiger partial charge in [0.15, 0.2) is 0 Å². The number of aliphatic hydroxyl groups excluding tert-OH is 2. The topological polar surface area (TPSA) is 110 Å². The van der Waals surface area contributed by atoms with Crippen LogP contribution >= 0.6 is 0 Å². The smallest absolute Gasteiger partial charge is 0.294 e. The third kappa shape index (κ3) is 3.60. The van der Waals surface area contributed by atoms with E-state index < -0.39 is 22.1 Å². The molecular formula is C22H22N2O5S. The molecule has 2 atom stereocenters. The summed E-state index contributed by atoms with van der Waals surface area (Å²) in [6, 6.07) is 13.4. The van der Waals surface area contributed by atoms with Gasteiger partial charge in [-0.15, -0.1) is 0 Å². The van der Waals surface area contributed by atoms with Gasteiger partial charge in [-0.2, -0.15) is 8.42 Å². The minimum absolute atomic E-state index is 0.0252. The second-order valence-corrected chi connectivity index (χ2v) is 8.54. The number of anilines is 2. The van der Waals surface area contributed by atoms with E-state index >= 15 is 0 Å². The van der Waals surface area contributed by atoms with Gasteiger partial charge in [0.1, 0.15) is 11.9 Å². The number of rotatable bonds is 5. The fraction of sp³-hybridized carbons (Fsp3) is 0.182. The van der Waals surface area contributed by atoms with E-state index in [1.807, 2.05) is 49.4 Å². The molecule has 1 heterocycles. The molecule has 8 heteroatoms. The number of fused-ring (bicyclic) bond motifs is 1. The molecule has 0 saturated carbocycles. The van der Waals surface area contributed by atoms with Gasteiger partial charge in [0.2, 0.25) is 0 Å². The Bertz CT molecular complexity index is 1170. The van der Waals surface area contributed by atoms with Crippen molar-refractivity contribution >= 4 is 27.6 Å². The first kappa shape index (κ1) is 20.2. The summed E-state index contributed by atoms with van der Waals surface area (Å²) in [5.74, 6) is -0.527. The Morgan fingerprint density at radius 3 is 2.43 bits per heavy atom. The van der Waals surface area contributed by atoms with Crippen LogP contribution in [0.4, 0.5) is 11.4 Å². The van der Waals surface area contributed by atoms with Crippen LogP contribution < -0.4 is 10.2 Å². The van der Waals surface area contributed by atoms with Crippen molar-refractivity contribution in [3.63, 3.8) is 0 Å². The van der Waals surface area contributed by atoms with E-state index in [9.17, 15) is 18.6 Å². The maximum absolute atomic E-state index is 11.1. The number of allylic oxidation sites excluding steroid dienone is 1. The number of para-hydroxylation sites is 1. The second-order valence-electron chi connectivity index (χ2n) is 7.12. The highest BCUT2D eigenvalue weighted by molar-refractivity contribution is 7.85. The van der Waals surface area contributed by atoms with Crippen molar-refractivity contribution in [2.75, 3.05) is 16.8 Å². The van der Waals surface area contributed by atoms with Gasteiger partial charge in [-0.3, -0.25) is 4.55 Å². The average Bonchev–Trinajstić information content (AvgIpc) is 2.74. The Kier molecular flexibility index (Phi) is 5.15. The molecule has 0 aromatic heterocycles. The van der Waals surface area contributed by atoms with Gasteiger partial charge in [-0.1, -0.05) is 24.3 Å². The van der Waals surface area contributed by atoms with Crippen molar-refractivity contribution in [1.82, 2.24) is 0 Å². The molecule has 2 aliphatic rings. The Morgan fingerprint density at radius 2 is 1.80 bits per heavy atom. The average molecular weight is 426 g/mol. The lowest BCUT2D eigenvalue weighted by molar-refractivity contribution is 0.110.